The van der Waals surface area contributed by atoms with E-state index in [1.165, 1.54) is 12.0 Å². The molecule has 1 saturated carbocycles. The fourth-order valence-electron chi connectivity index (χ4n) is 3.52. The van der Waals surface area contributed by atoms with Crippen molar-refractivity contribution in [1.29, 1.82) is 0 Å². The first kappa shape index (κ1) is 15.9. The van der Waals surface area contributed by atoms with Gasteiger partial charge in [0.25, 0.3) is 0 Å². The molecule has 1 fully saturated rings. The number of hydrogen-bond acceptors (Lipinski definition) is 3. The number of rotatable bonds is 5. The third-order valence-electron chi connectivity index (χ3n) is 4.59. The van der Waals surface area contributed by atoms with Crippen molar-refractivity contribution in [3.05, 3.63) is 29.8 Å². The predicted molar refractivity (Wildman–Crippen MR) is 86.4 cm³/mol. The number of hydrogen-bond donors (Lipinski definition) is 1. The molecule has 0 saturated heterocycles. The van der Waals surface area contributed by atoms with E-state index in [2.05, 4.69) is 31.3 Å². The molecule has 0 spiro atoms. The van der Waals surface area contributed by atoms with Crippen LogP contribution in [0.25, 0.3) is 0 Å². The monoisotopic (exact) mass is 289 g/mol. The van der Waals surface area contributed by atoms with E-state index in [1.54, 1.807) is 0 Å². The van der Waals surface area contributed by atoms with Crippen LogP contribution in [0, 0.1) is 12.8 Å². The molecular weight excluding hydrogens is 262 g/mol. The van der Waals surface area contributed by atoms with Crippen molar-refractivity contribution in [1.82, 2.24) is 0 Å². The first-order chi connectivity index (χ1) is 10.1. The summed E-state index contributed by atoms with van der Waals surface area (Å²) >= 11 is 0. The van der Waals surface area contributed by atoms with Gasteiger partial charge in [-0.25, -0.2) is 4.79 Å². The summed E-state index contributed by atoms with van der Waals surface area (Å²) in [4.78, 5) is 12.7. The minimum atomic E-state index is -0.559. The third kappa shape index (κ3) is 3.39. The van der Waals surface area contributed by atoms with Gasteiger partial charge >= 0.3 is 5.97 Å². The lowest BCUT2D eigenvalue weighted by Crippen LogP contribution is -2.55. The lowest BCUT2D eigenvalue weighted by atomic mass is 9.71. The minimum Gasteiger partial charge on any atom is -0.464 e. The van der Waals surface area contributed by atoms with Crippen molar-refractivity contribution < 1.29 is 9.53 Å². The Hall–Kier alpha value is -1.51. The standard InChI is InChI=1S/C18H27NO2/c1-4-15-10-6-7-12-18(15,17(20)21-5-2)19-16-11-8-9-14(3)13-16/h8-9,11,13,15,19H,4-7,10,12H2,1-3H3. The van der Waals surface area contributed by atoms with Crippen molar-refractivity contribution in [2.45, 2.75) is 58.4 Å². The van der Waals surface area contributed by atoms with Gasteiger partial charge in [0.2, 0.25) is 0 Å². The summed E-state index contributed by atoms with van der Waals surface area (Å²) < 4.78 is 5.42. The molecule has 0 radical (unpaired) electrons. The maximum absolute atomic E-state index is 12.7. The zero-order chi connectivity index (χ0) is 15.3. The molecule has 2 unspecified atom stereocenters. The minimum absolute atomic E-state index is 0.0851. The normalized spacial score (nSPS) is 25.4. The molecule has 3 nitrogen and oxygen atoms in total. The van der Waals surface area contributed by atoms with Crippen LogP contribution in [0.15, 0.2) is 24.3 Å². The average molecular weight is 289 g/mol. The second-order valence-corrected chi connectivity index (χ2v) is 6.04. The van der Waals surface area contributed by atoms with Gasteiger partial charge in [-0.05, 0) is 50.3 Å². The second-order valence-electron chi connectivity index (χ2n) is 6.04. The van der Waals surface area contributed by atoms with E-state index in [-0.39, 0.29) is 5.97 Å². The Morgan fingerprint density at radius 2 is 2.19 bits per heavy atom. The smallest absolute Gasteiger partial charge is 0.332 e. The highest BCUT2D eigenvalue weighted by atomic mass is 16.5. The highest BCUT2D eigenvalue weighted by Crippen LogP contribution is 2.39. The maximum Gasteiger partial charge on any atom is 0.332 e. The molecule has 1 aromatic carbocycles. The van der Waals surface area contributed by atoms with E-state index >= 15 is 0 Å². The van der Waals surface area contributed by atoms with Crippen molar-refractivity contribution in [3.8, 4) is 0 Å². The lowest BCUT2D eigenvalue weighted by molar-refractivity contribution is -0.152. The molecule has 0 aromatic heterocycles. The van der Waals surface area contributed by atoms with Crippen LogP contribution in [0.1, 0.15) is 51.5 Å². The molecule has 0 bridgehead atoms. The molecule has 116 valence electrons. The highest BCUT2D eigenvalue weighted by molar-refractivity contribution is 5.85. The number of carbonyl (C=O) groups excluding carboxylic acids is 1. The Morgan fingerprint density at radius 3 is 2.86 bits per heavy atom. The lowest BCUT2D eigenvalue weighted by Gasteiger charge is -2.43. The quantitative estimate of drug-likeness (QED) is 0.821. The van der Waals surface area contributed by atoms with Gasteiger partial charge in [0, 0.05) is 5.69 Å². The summed E-state index contributed by atoms with van der Waals surface area (Å²) in [6.45, 7) is 6.55. The van der Waals surface area contributed by atoms with E-state index in [4.69, 9.17) is 4.74 Å². The molecule has 2 rings (SSSR count). The van der Waals surface area contributed by atoms with E-state index < -0.39 is 5.54 Å². The van der Waals surface area contributed by atoms with Gasteiger partial charge in [-0.15, -0.1) is 0 Å². The van der Waals surface area contributed by atoms with Crippen LogP contribution in [0.5, 0.6) is 0 Å². The zero-order valence-electron chi connectivity index (χ0n) is 13.4. The topological polar surface area (TPSA) is 38.3 Å². The number of anilines is 1. The summed E-state index contributed by atoms with van der Waals surface area (Å²) in [5.41, 5.74) is 1.66. The summed E-state index contributed by atoms with van der Waals surface area (Å²) in [6.07, 6.45) is 5.23. The van der Waals surface area contributed by atoms with Crippen LogP contribution in [0.3, 0.4) is 0 Å². The first-order valence-corrected chi connectivity index (χ1v) is 8.14. The predicted octanol–water partition coefficient (Wildman–Crippen LogP) is 4.31. The number of ether oxygens (including phenoxy) is 1. The summed E-state index contributed by atoms with van der Waals surface area (Å²) in [6, 6.07) is 8.23. The summed E-state index contributed by atoms with van der Waals surface area (Å²) in [7, 11) is 0. The Bertz CT molecular complexity index is 486. The Labute approximate surface area is 128 Å². The van der Waals surface area contributed by atoms with E-state index in [9.17, 15) is 4.79 Å². The molecule has 0 heterocycles. The van der Waals surface area contributed by atoms with Gasteiger partial charge in [-0.1, -0.05) is 38.3 Å². The van der Waals surface area contributed by atoms with Gasteiger partial charge in [0.1, 0.15) is 5.54 Å². The number of esters is 1. The molecule has 0 aliphatic heterocycles. The maximum atomic E-state index is 12.7. The van der Waals surface area contributed by atoms with Gasteiger partial charge in [0.05, 0.1) is 6.61 Å². The summed E-state index contributed by atoms with van der Waals surface area (Å²) in [5.74, 6) is 0.254. The second kappa shape index (κ2) is 6.97. The largest absolute Gasteiger partial charge is 0.464 e. The molecule has 21 heavy (non-hydrogen) atoms. The van der Waals surface area contributed by atoms with Crippen LogP contribution in [0.2, 0.25) is 0 Å². The van der Waals surface area contributed by atoms with E-state index in [1.807, 2.05) is 19.1 Å². The van der Waals surface area contributed by atoms with E-state index in [0.717, 1.165) is 31.4 Å². The zero-order valence-corrected chi connectivity index (χ0v) is 13.4. The SMILES string of the molecule is CCOC(=O)C1(Nc2cccc(C)c2)CCCCC1CC. The van der Waals surface area contributed by atoms with Crippen molar-refractivity contribution in [3.63, 3.8) is 0 Å². The average Bonchev–Trinajstić information content (AvgIpc) is 2.48. The van der Waals surface area contributed by atoms with Crippen LogP contribution in [0.4, 0.5) is 5.69 Å². The van der Waals surface area contributed by atoms with Crippen LogP contribution in [-0.2, 0) is 9.53 Å². The number of carbonyl (C=O) groups is 1. The molecule has 2 atom stereocenters. The Kier molecular flexibility index (Phi) is 5.27. The first-order valence-electron chi connectivity index (χ1n) is 8.14. The Morgan fingerprint density at radius 1 is 1.38 bits per heavy atom. The highest BCUT2D eigenvalue weighted by Gasteiger charge is 2.47. The van der Waals surface area contributed by atoms with Crippen molar-refractivity contribution in [2.75, 3.05) is 11.9 Å². The number of aryl methyl sites for hydroxylation is 1. The number of benzene rings is 1. The molecular formula is C18H27NO2. The summed E-state index contributed by atoms with van der Waals surface area (Å²) in [5, 5.41) is 3.55. The molecule has 1 aliphatic rings. The molecule has 1 N–H and O–H groups in total. The molecule has 0 amide bonds. The van der Waals surface area contributed by atoms with Gasteiger partial charge < -0.3 is 10.1 Å². The van der Waals surface area contributed by atoms with Crippen LogP contribution < -0.4 is 5.32 Å². The third-order valence-corrected chi connectivity index (χ3v) is 4.59. The van der Waals surface area contributed by atoms with Gasteiger partial charge in [-0.2, -0.15) is 0 Å². The molecule has 1 aromatic rings. The van der Waals surface area contributed by atoms with Crippen LogP contribution in [-0.4, -0.2) is 18.1 Å². The van der Waals surface area contributed by atoms with Crippen molar-refractivity contribution in [2.24, 2.45) is 5.92 Å². The van der Waals surface area contributed by atoms with Crippen LogP contribution >= 0.6 is 0 Å². The molecule has 3 heteroatoms. The van der Waals surface area contributed by atoms with Crippen molar-refractivity contribution >= 4 is 11.7 Å². The number of nitrogens with one attached hydrogen (secondary N) is 1. The Balaban J connectivity index is 2.32. The molecule has 1 aliphatic carbocycles. The van der Waals surface area contributed by atoms with Gasteiger partial charge in [-0.3, -0.25) is 0 Å². The fraction of sp³-hybridized carbons (Fsp3) is 0.611. The van der Waals surface area contributed by atoms with E-state index in [0.29, 0.717) is 12.5 Å². The van der Waals surface area contributed by atoms with Gasteiger partial charge in [0.15, 0.2) is 0 Å². The fourth-order valence-corrected chi connectivity index (χ4v) is 3.52.